The minimum atomic E-state index is -3.75. The van der Waals surface area contributed by atoms with Crippen molar-refractivity contribution in [1.82, 2.24) is 0 Å². The summed E-state index contributed by atoms with van der Waals surface area (Å²) in [5, 5.41) is 38.9. The van der Waals surface area contributed by atoms with Crippen LogP contribution in [-0.4, -0.2) is 78.3 Å². The Morgan fingerprint density at radius 3 is 2.10 bits per heavy atom. The van der Waals surface area contributed by atoms with Crippen molar-refractivity contribution < 1.29 is 43.5 Å². The predicted octanol–water partition coefficient (Wildman–Crippen LogP) is -1.37. The van der Waals surface area contributed by atoms with E-state index in [1.54, 1.807) is 0 Å². The molecular weight excluding hydrogens is 295 g/mol. The second-order valence-electron chi connectivity index (χ2n) is 4.37. The lowest BCUT2D eigenvalue weighted by atomic mass is 9.97. The zero-order chi connectivity index (χ0) is 15.5. The molecule has 1 aliphatic heterocycles. The minimum Gasteiger partial charge on any atom is -0.388 e. The van der Waals surface area contributed by atoms with E-state index in [1.807, 2.05) is 0 Å². The van der Waals surface area contributed by atoms with Gasteiger partial charge in [-0.25, -0.2) is 0 Å². The predicted molar refractivity (Wildman–Crippen MR) is 65.9 cm³/mol. The van der Waals surface area contributed by atoms with Gasteiger partial charge in [0.25, 0.3) is 0 Å². The van der Waals surface area contributed by atoms with Crippen LogP contribution in [0.4, 0.5) is 0 Å². The van der Waals surface area contributed by atoms with E-state index in [-0.39, 0.29) is 6.42 Å². The van der Waals surface area contributed by atoms with Crippen LogP contribution in [0.5, 0.6) is 0 Å². The van der Waals surface area contributed by atoms with Crippen molar-refractivity contribution >= 4 is 7.60 Å². The molecule has 6 atom stereocenters. The van der Waals surface area contributed by atoms with Crippen molar-refractivity contribution in [2.24, 2.45) is 0 Å². The van der Waals surface area contributed by atoms with Gasteiger partial charge in [0.05, 0.1) is 6.10 Å². The molecular formula is C10H21O9P. The number of aliphatic hydroxyl groups is 4. The number of aliphatic hydroxyl groups excluding tert-OH is 4. The van der Waals surface area contributed by atoms with Crippen LogP contribution in [0.3, 0.4) is 0 Å². The fourth-order valence-corrected chi connectivity index (χ4v) is 3.06. The van der Waals surface area contributed by atoms with Crippen molar-refractivity contribution in [2.75, 3.05) is 21.3 Å². The number of ether oxygens (including phenoxy) is 2. The molecule has 1 fully saturated rings. The fraction of sp³-hybridized carbons (Fsp3) is 1.00. The van der Waals surface area contributed by atoms with Gasteiger partial charge in [-0.2, -0.15) is 0 Å². The SMILES string of the molecule is CO[C@H]1O[C@H](C[C@@H](O)P(=O)(OC)OC)[C@@H](O)[C@H](O)[C@H]1O. The maximum absolute atomic E-state index is 12.0. The van der Waals surface area contributed by atoms with Gasteiger partial charge in [0.1, 0.15) is 18.3 Å². The van der Waals surface area contributed by atoms with Crippen LogP contribution in [0.15, 0.2) is 0 Å². The second-order valence-corrected chi connectivity index (χ2v) is 6.78. The Hall–Kier alpha value is -0.0900. The van der Waals surface area contributed by atoms with Crippen molar-refractivity contribution in [3.05, 3.63) is 0 Å². The monoisotopic (exact) mass is 316 g/mol. The number of hydrogen-bond donors (Lipinski definition) is 4. The molecule has 1 rings (SSSR count). The summed E-state index contributed by atoms with van der Waals surface area (Å²) in [6.07, 6.45) is -7.03. The third-order valence-electron chi connectivity index (χ3n) is 3.22. The van der Waals surface area contributed by atoms with E-state index in [9.17, 15) is 25.0 Å². The Bertz CT molecular complexity index is 342. The molecule has 0 radical (unpaired) electrons. The average molecular weight is 316 g/mol. The largest absolute Gasteiger partial charge is 0.388 e. The maximum atomic E-state index is 12.0. The zero-order valence-corrected chi connectivity index (χ0v) is 12.3. The van der Waals surface area contributed by atoms with Crippen LogP contribution in [-0.2, 0) is 23.1 Å². The summed E-state index contributed by atoms with van der Waals surface area (Å²) >= 11 is 0. The summed E-state index contributed by atoms with van der Waals surface area (Å²) in [6, 6.07) is 0. The van der Waals surface area contributed by atoms with E-state index in [2.05, 4.69) is 9.05 Å². The second kappa shape index (κ2) is 7.26. The Morgan fingerprint density at radius 1 is 1.10 bits per heavy atom. The van der Waals surface area contributed by atoms with E-state index >= 15 is 0 Å². The summed E-state index contributed by atoms with van der Waals surface area (Å²) in [5.74, 6) is -1.56. The highest BCUT2D eigenvalue weighted by atomic mass is 31.2. The molecule has 0 aromatic rings. The van der Waals surface area contributed by atoms with Crippen LogP contribution < -0.4 is 0 Å². The van der Waals surface area contributed by atoms with Gasteiger partial charge < -0.3 is 38.9 Å². The normalized spacial score (nSPS) is 36.9. The third kappa shape index (κ3) is 3.56. The van der Waals surface area contributed by atoms with Gasteiger partial charge in [-0.1, -0.05) is 0 Å². The van der Waals surface area contributed by atoms with Gasteiger partial charge in [-0.05, 0) is 0 Å². The Kier molecular flexibility index (Phi) is 6.52. The highest BCUT2D eigenvalue weighted by Gasteiger charge is 2.46. The van der Waals surface area contributed by atoms with E-state index < -0.39 is 44.1 Å². The molecule has 1 heterocycles. The molecule has 0 aromatic heterocycles. The molecule has 20 heavy (non-hydrogen) atoms. The number of rotatable bonds is 6. The first-order chi connectivity index (χ1) is 9.30. The first kappa shape index (κ1) is 18.0. The van der Waals surface area contributed by atoms with Crippen molar-refractivity contribution in [3.63, 3.8) is 0 Å². The van der Waals surface area contributed by atoms with E-state index in [1.165, 1.54) is 7.11 Å². The summed E-state index contributed by atoms with van der Waals surface area (Å²) < 4.78 is 31.2. The Balaban J connectivity index is 2.78. The van der Waals surface area contributed by atoms with Gasteiger partial charge in [-0.15, -0.1) is 0 Å². The topological polar surface area (TPSA) is 135 Å². The van der Waals surface area contributed by atoms with Crippen molar-refractivity contribution in [2.45, 2.75) is 43.0 Å². The molecule has 0 amide bonds. The van der Waals surface area contributed by atoms with Crippen molar-refractivity contribution in [3.8, 4) is 0 Å². The van der Waals surface area contributed by atoms with Crippen molar-refractivity contribution in [1.29, 1.82) is 0 Å². The van der Waals surface area contributed by atoms with E-state index in [0.29, 0.717) is 0 Å². The van der Waals surface area contributed by atoms with Gasteiger partial charge in [0, 0.05) is 27.8 Å². The molecule has 0 spiro atoms. The molecule has 120 valence electrons. The van der Waals surface area contributed by atoms with Crippen LogP contribution in [0, 0.1) is 0 Å². The van der Waals surface area contributed by atoms with Gasteiger partial charge in [0.15, 0.2) is 12.1 Å². The molecule has 1 aliphatic rings. The molecule has 10 heteroatoms. The van der Waals surface area contributed by atoms with Gasteiger partial charge in [-0.3, -0.25) is 4.57 Å². The number of hydrogen-bond acceptors (Lipinski definition) is 9. The first-order valence-electron chi connectivity index (χ1n) is 5.92. The molecule has 0 saturated carbocycles. The van der Waals surface area contributed by atoms with Gasteiger partial charge in [0.2, 0.25) is 0 Å². The van der Waals surface area contributed by atoms with Gasteiger partial charge >= 0.3 is 7.60 Å². The summed E-state index contributed by atoms with van der Waals surface area (Å²) in [4.78, 5) is 0. The molecule has 9 nitrogen and oxygen atoms in total. The van der Waals surface area contributed by atoms with Crippen LogP contribution in [0.1, 0.15) is 6.42 Å². The smallest absolute Gasteiger partial charge is 0.358 e. The van der Waals surface area contributed by atoms with Crippen LogP contribution in [0.25, 0.3) is 0 Å². The highest BCUT2D eigenvalue weighted by Crippen LogP contribution is 2.52. The van der Waals surface area contributed by atoms with Crippen LogP contribution in [0.2, 0.25) is 0 Å². The standard InChI is InChI=1S/C10H21O9P/c1-16-10-9(14)8(13)7(12)5(19-10)4-6(11)20(15,17-2)18-3/h5-14H,4H2,1-3H3/t5-,6+,7-,8+,9-,10+/m1/s1. The quantitative estimate of drug-likeness (QED) is 0.438. The minimum absolute atomic E-state index is 0.330. The first-order valence-corrected chi connectivity index (χ1v) is 7.53. The lowest BCUT2D eigenvalue weighted by Gasteiger charge is -2.40. The fourth-order valence-electron chi connectivity index (χ4n) is 1.96. The zero-order valence-electron chi connectivity index (χ0n) is 11.4. The number of methoxy groups -OCH3 is 1. The molecule has 0 aliphatic carbocycles. The summed E-state index contributed by atoms with van der Waals surface area (Å²) in [5.41, 5.74) is 0. The third-order valence-corrected chi connectivity index (χ3v) is 5.18. The molecule has 4 N–H and O–H groups in total. The molecule has 1 saturated heterocycles. The Labute approximate surface area is 116 Å². The summed E-state index contributed by atoms with van der Waals surface area (Å²) in [6.45, 7) is 0. The summed E-state index contributed by atoms with van der Waals surface area (Å²) in [7, 11) is -0.271. The van der Waals surface area contributed by atoms with E-state index in [4.69, 9.17) is 9.47 Å². The highest BCUT2D eigenvalue weighted by molar-refractivity contribution is 7.54. The lowest BCUT2D eigenvalue weighted by Crippen LogP contribution is -2.58. The molecule has 0 aromatic carbocycles. The van der Waals surface area contributed by atoms with E-state index in [0.717, 1.165) is 14.2 Å². The Morgan fingerprint density at radius 2 is 1.65 bits per heavy atom. The van der Waals surface area contributed by atoms with Crippen LogP contribution >= 0.6 is 7.60 Å². The maximum Gasteiger partial charge on any atom is 0.358 e. The lowest BCUT2D eigenvalue weighted by molar-refractivity contribution is -0.292. The molecule has 0 unspecified atom stereocenters. The molecule has 0 bridgehead atoms. The average Bonchev–Trinajstić information content (AvgIpc) is 2.46.